The first-order valence-electron chi connectivity index (χ1n) is 7.89. The summed E-state index contributed by atoms with van der Waals surface area (Å²) < 4.78 is 28.9. The summed E-state index contributed by atoms with van der Waals surface area (Å²) in [5.41, 5.74) is 6.83. The summed E-state index contributed by atoms with van der Waals surface area (Å²) in [6.07, 6.45) is 5.77. The summed E-state index contributed by atoms with van der Waals surface area (Å²) in [4.78, 5) is 0.244. The van der Waals surface area contributed by atoms with E-state index in [2.05, 4.69) is 5.10 Å². The van der Waals surface area contributed by atoms with Gasteiger partial charge in [0.1, 0.15) is 4.90 Å². The van der Waals surface area contributed by atoms with Crippen molar-refractivity contribution in [2.75, 3.05) is 13.1 Å². The van der Waals surface area contributed by atoms with E-state index in [1.165, 1.54) is 6.20 Å². The van der Waals surface area contributed by atoms with Gasteiger partial charge in [0.15, 0.2) is 0 Å². The van der Waals surface area contributed by atoms with Crippen LogP contribution in [0.1, 0.15) is 24.8 Å². The minimum atomic E-state index is -3.52. The number of benzene rings is 1. The summed E-state index contributed by atoms with van der Waals surface area (Å²) in [6.45, 7) is 1.45. The Bertz CT molecular complexity index is 748. The van der Waals surface area contributed by atoms with Gasteiger partial charge in [-0.1, -0.05) is 36.8 Å². The zero-order valence-corrected chi connectivity index (χ0v) is 15.0. The molecule has 0 saturated carbocycles. The number of aromatic nitrogens is 2. The van der Waals surface area contributed by atoms with Gasteiger partial charge in [-0.15, -0.1) is 12.4 Å². The lowest BCUT2D eigenvalue weighted by Gasteiger charge is -2.33. The fraction of sp³-hybridized carbons (Fsp3) is 0.438. The fourth-order valence-corrected chi connectivity index (χ4v) is 4.66. The molecule has 0 aliphatic carbocycles. The van der Waals surface area contributed by atoms with E-state index in [-0.39, 0.29) is 23.3 Å². The Balaban J connectivity index is 0.00000208. The Morgan fingerprint density at radius 1 is 1.21 bits per heavy atom. The molecule has 1 fully saturated rings. The van der Waals surface area contributed by atoms with Crippen molar-refractivity contribution in [2.24, 2.45) is 5.73 Å². The van der Waals surface area contributed by atoms with E-state index in [0.29, 0.717) is 19.6 Å². The summed E-state index contributed by atoms with van der Waals surface area (Å²) >= 11 is 0. The van der Waals surface area contributed by atoms with Gasteiger partial charge in [-0.2, -0.15) is 9.40 Å². The molecule has 0 spiro atoms. The third kappa shape index (κ3) is 3.97. The molecular formula is C16H23ClN4O2S. The van der Waals surface area contributed by atoms with E-state index in [0.717, 1.165) is 24.8 Å². The molecule has 2 N–H and O–H groups in total. The molecule has 1 aliphatic heterocycles. The molecule has 1 aromatic carbocycles. The molecule has 0 radical (unpaired) electrons. The standard InChI is InChI=1S/C16H22N4O2S.ClH/c17-10-15-8-4-5-9-20(15)23(21,22)16-11-18-19(13-16)12-14-6-2-1-3-7-14;/h1-3,6-7,11,13,15H,4-5,8-10,12,17H2;1H. The summed E-state index contributed by atoms with van der Waals surface area (Å²) in [5.74, 6) is 0. The molecule has 1 aliphatic rings. The van der Waals surface area contributed by atoms with Crippen LogP contribution in [0.2, 0.25) is 0 Å². The maximum Gasteiger partial charge on any atom is 0.246 e. The first-order valence-corrected chi connectivity index (χ1v) is 9.33. The van der Waals surface area contributed by atoms with Gasteiger partial charge >= 0.3 is 0 Å². The molecule has 3 rings (SSSR count). The maximum atomic E-state index is 12.8. The molecule has 1 saturated heterocycles. The quantitative estimate of drug-likeness (QED) is 0.870. The lowest BCUT2D eigenvalue weighted by molar-refractivity contribution is 0.257. The molecule has 0 amide bonds. The van der Waals surface area contributed by atoms with E-state index in [1.807, 2.05) is 30.3 Å². The molecule has 6 nitrogen and oxygen atoms in total. The van der Waals surface area contributed by atoms with Gasteiger partial charge in [0.05, 0.1) is 12.7 Å². The molecule has 1 aromatic heterocycles. The number of sulfonamides is 1. The molecular weight excluding hydrogens is 348 g/mol. The van der Waals surface area contributed by atoms with Gasteiger partial charge in [0.2, 0.25) is 10.0 Å². The highest BCUT2D eigenvalue weighted by atomic mass is 35.5. The van der Waals surface area contributed by atoms with Gasteiger partial charge in [-0.3, -0.25) is 4.68 Å². The van der Waals surface area contributed by atoms with Crippen molar-refractivity contribution in [2.45, 2.75) is 36.7 Å². The molecule has 2 heterocycles. The van der Waals surface area contributed by atoms with Gasteiger partial charge in [-0.05, 0) is 18.4 Å². The lowest BCUT2D eigenvalue weighted by Crippen LogP contribution is -2.47. The third-order valence-corrected chi connectivity index (χ3v) is 6.15. The SMILES string of the molecule is Cl.NCC1CCCCN1S(=O)(=O)c1cnn(Cc2ccccc2)c1. The molecule has 1 atom stereocenters. The van der Waals surface area contributed by atoms with Crippen molar-refractivity contribution in [3.8, 4) is 0 Å². The average Bonchev–Trinajstić information content (AvgIpc) is 3.05. The summed E-state index contributed by atoms with van der Waals surface area (Å²) in [7, 11) is -3.52. The average molecular weight is 371 g/mol. The largest absolute Gasteiger partial charge is 0.329 e. The first-order chi connectivity index (χ1) is 11.1. The lowest BCUT2D eigenvalue weighted by atomic mass is 10.1. The van der Waals surface area contributed by atoms with Crippen LogP contribution in [0, 0.1) is 0 Å². The first kappa shape index (κ1) is 18.9. The topological polar surface area (TPSA) is 81.2 Å². The minimum absolute atomic E-state index is 0. The zero-order chi connectivity index (χ0) is 16.3. The van der Waals surface area contributed by atoms with Crippen molar-refractivity contribution in [1.82, 2.24) is 14.1 Å². The second kappa shape index (κ2) is 8.11. The number of nitrogens with two attached hydrogens (primary N) is 1. The van der Waals surface area contributed by atoms with E-state index in [1.54, 1.807) is 15.2 Å². The van der Waals surface area contributed by atoms with Crippen LogP contribution in [0.3, 0.4) is 0 Å². The number of hydrogen-bond acceptors (Lipinski definition) is 4. The highest BCUT2D eigenvalue weighted by Crippen LogP contribution is 2.24. The van der Waals surface area contributed by atoms with Crippen molar-refractivity contribution in [3.63, 3.8) is 0 Å². The monoisotopic (exact) mass is 370 g/mol. The Hall–Kier alpha value is -1.41. The summed E-state index contributed by atoms with van der Waals surface area (Å²) in [5, 5.41) is 4.20. The summed E-state index contributed by atoms with van der Waals surface area (Å²) in [6, 6.07) is 9.74. The van der Waals surface area contributed by atoms with Crippen molar-refractivity contribution < 1.29 is 8.42 Å². The second-order valence-electron chi connectivity index (χ2n) is 5.86. The number of rotatable bonds is 5. The van der Waals surface area contributed by atoms with Gasteiger partial charge in [0, 0.05) is 25.3 Å². The fourth-order valence-electron chi connectivity index (χ4n) is 3.00. The molecule has 132 valence electrons. The highest BCUT2D eigenvalue weighted by Gasteiger charge is 2.33. The van der Waals surface area contributed by atoms with Crippen LogP contribution in [0.4, 0.5) is 0 Å². The van der Waals surface area contributed by atoms with Crippen LogP contribution in [0.5, 0.6) is 0 Å². The van der Waals surface area contributed by atoms with Crippen LogP contribution in [-0.4, -0.2) is 41.6 Å². The number of halogens is 1. The highest BCUT2D eigenvalue weighted by molar-refractivity contribution is 7.89. The van der Waals surface area contributed by atoms with E-state index in [9.17, 15) is 8.42 Å². The van der Waals surface area contributed by atoms with Crippen LogP contribution in [0.15, 0.2) is 47.6 Å². The predicted molar refractivity (Wildman–Crippen MR) is 95.6 cm³/mol. The van der Waals surface area contributed by atoms with Crippen molar-refractivity contribution >= 4 is 22.4 Å². The predicted octanol–water partition coefficient (Wildman–Crippen LogP) is 1.86. The number of nitrogens with zero attached hydrogens (tertiary/aromatic N) is 3. The zero-order valence-electron chi connectivity index (χ0n) is 13.4. The Morgan fingerprint density at radius 3 is 2.67 bits per heavy atom. The Morgan fingerprint density at radius 2 is 1.96 bits per heavy atom. The third-order valence-electron chi connectivity index (χ3n) is 4.25. The van der Waals surface area contributed by atoms with Crippen LogP contribution < -0.4 is 5.73 Å². The molecule has 24 heavy (non-hydrogen) atoms. The second-order valence-corrected chi connectivity index (χ2v) is 7.75. The molecule has 1 unspecified atom stereocenters. The van der Waals surface area contributed by atoms with Crippen LogP contribution >= 0.6 is 12.4 Å². The maximum absolute atomic E-state index is 12.8. The van der Waals surface area contributed by atoms with Gasteiger partial charge in [0.25, 0.3) is 0 Å². The normalized spacial score (nSPS) is 19.0. The van der Waals surface area contributed by atoms with Gasteiger partial charge in [-0.25, -0.2) is 8.42 Å². The molecule has 8 heteroatoms. The molecule has 0 bridgehead atoms. The van der Waals surface area contributed by atoms with Gasteiger partial charge < -0.3 is 5.73 Å². The number of hydrogen-bond donors (Lipinski definition) is 1. The smallest absolute Gasteiger partial charge is 0.246 e. The Kier molecular flexibility index (Phi) is 6.40. The van der Waals surface area contributed by atoms with Crippen molar-refractivity contribution in [1.29, 1.82) is 0 Å². The van der Waals surface area contributed by atoms with Crippen LogP contribution in [0.25, 0.3) is 0 Å². The van der Waals surface area contributed by atoms with Crippen LogP contribution in [-0.2, 0) is 16.6 Å². The van der Waals surface area contributed by atoms with E-state index < -0.39 is 10.0 Å². The molecule has 2 aromatic rings. The minimum Gasteiger partial charge on any atom is -0.329 e. The number of piperidine rings is 1. The van der Waals surface area contributed by atoms with E-state index in [4.69, 9.17) is 5.73 Å². The Labute approximate surface area is 149 Å². The van der Waals surface area contributed by atoms with E-state index >= 15 is 0 Å². The van der Waals surface area contributed by atoms with Crippen molar-refractivity contribution in [3.05, 3.63) is 48.3 Å².